The van der Waals surface area contributed by atoms with E-state index in [2.05, 4.69) is 15.5 Å². The Morgan fingerprint density at radius 1 is 1.12 bits per heavy atom. The van der Waals surface area contributed by atoms with E-state index < -0.39 is 17.6 Å². The Bertz CT molecular complexity index is 1090. The summed E-state index contributed by atoms with van der Waals surface area (Å²) in [6.07, 6.45) is -2.35. The molecular formula is C22H18ClF4N3O2. The first-order valence-electron chi connectivity index (χ1n) is 9.42. The fourth-order valence-corrected chi connectivity index (χ4v) is 2.91. The second-order valence-corrected chi connectivity index (χ2v) is 6.85. The molecule has 0 saturated carbocycles. The minimum absolute atomic E-state index is 0.0406. The molecule has 0 aliphatic rings. The summed E-state index contributed by atoms with van der Waals surface area (Å²) in [5.41, 5.74) is 2.59. The number of halogens is 5. The van der Waals surface area contributed by atoms with Gasteiger partial charge in [-0.1, -0.05) is 29.8 Å². The highest BCUT2D eigenvalue weighted by Gasteiger charge is 2.30. The molecule has 5 nitrogen and oxygen atoms in total. The average molecular weight is 468 g/mol. The van der Waals surface area contributed by atoms with Gasteiger partial charge in [0.15, 0.2) is 11.5 Å². The average Bonchev–Trinajstić information content (AvgIpc) is 2.74. The van der Waals surface area contributed by atoms with Crippen LogP contribution in [0.1, 0.15) is 23.6 Å². The largest absolute Gasteiger partial charge is 0.490 e. The summed E-state index contributed by atoms with van der Waals surface area (Å²) in [7, 11) is 0. The number of pyridine rings is 1. The first-order chi connectivity index (χ1) is 15.3. The van der Waals surface area contributed by atoms with Crippen molar-refractivity contribution in [2.75, 3.05) is 12.0 Å². The first kappa shape index (κ1) is 23.3. The molecule has 1 aromatic heterocycles. The summed E-state index contributed by atoms with van der Waals surface area (Å²) >= 11 is 6.33. The van der Waals surface area contributed by atoms with Crippen molar-refractivity contribution < 1.29 is 27.0 Å². The Morgan fingerprint density at radius 2 is 1.91 bits per heavy atom. The van der Waals surface area contributed by atoms with E-state index in [0.717, 1.165) is 6.07 Å². The molecule has 1 N–H and O–H groups in total. The van der Waals surface area contributed by atoms with E-state index in [-0.39, 0.29) is 23.2 Å². The maximum atomic E-state index is 13.8. The molecule has 10 heteroatoms. The summed E-state index contributed by atoms with van der Waals surface area (Å²) in [5, 5.41) is 4.18. The lowest BCUT2D eigenvalue weighted by molar-refractivity contribution is -0.137. The van der Waals surface area contributed by atoms with Gasteiger partial charge in [0.2, 0.25) is 0 Å². The summed E-state index contributed by atoms with van der Waals surface area (Å²) in [5.74, 6) is 0.334. The van der Waals surface area contributed by atoms with Crippen LogP contribution in [0.3, 0.4) is 0 Å². The minimum Gasteiger partial charge on any atom is -0.490 e. The summed E-state index contributed by atoms with van der Waals surface area (Å²) < 4.78 is 62.9. The Labute approximate surface area is 186 Å². The topological polar surface area (TPSA) is 55.7 Å². The molecule has 3 rings (SSSR count). The zero-order chi connectivity index (χ0) is 23.1. The molecule has 0 aliphatic heterocycles. The Hall–Kier alpha value is -3.33. The first-order valence-corrected chi connectivity index (χ1v) is 9.80. The molecule has 0 bridgehead atoms. The quantitative estimate of drug-likeness (QED) is 0.239. The van der Waals surface area contributed by atoms with Crippen molar-refractivity contribution in [3.63, 3.8) is 0 Å². The van der Waals surface area contributed by atoms with Crippen LogP contribution in [0.25, 0.3) is 0 Å². The number of nitrogens with one attached hydrogen (secondary N) is 1. The lowest BCUT2D eigenvalue weighted by Crippen LogP contribution is -2.05. The fraction of sp³-hybridized carbons (Fsp3) is 0.182. The van der Waals surface area contributed by atoms with E-state index in [4.69, 9.17) is 21.1 Å². The molecule has 1 heterocycles. The number of hydrogen-bond acceptors (Lipinski definition) is 5. The highest BCUT2D eigenvalue weighted by Crippen LogP contribution is 2.37. The lowest BCUT2D eigenvalue weighted by Gasteiger charge is -2.14. The molecule has 0 amide bonds. The number of ether oxygens (including phenoxy) is 2. The molecule has 0 unspecified atom stereocenters. The van der Waals surface area contributed by atoms with Crippen molar-refractivity contribution in [2.24, 2.45) is 5.10 Å². The van der Waals surface area contributed by atoms with Crippen LogP contribution in [0.5, 0.6) is 11.5 Å². The molecule has 32 heavy (non-hydrogen) atoms. The third-order valence-corrected chi connectivity index (χ3v) is 4.43. The second-order valence-electron chi connectivity index (χ2n) is 6.44. The van der Waals surface area contributed by atoms with E-state index in [0.29, 0.717) is 29.7 Å². The van der Waals surface area contributed by atoms with Crippen LogP contribution in [0.4, 0.5) is 23.4 Å². The van der Waals surface area contributed by atoms with E-state index in [1.54, 1.807) is 37.3 Å². The van der Waals surface area contributed by atoms with Crippen LogP contribution in [-0.4, -0.2) is 17.8 Å². The number of aromatic nitrogens is 1. The van der Waals surface area contributed by atoms with Crippen LogP contribution >= 0.6 is 11.6 Å². The van der Waals surface area contributed by atoms with Gasteiger partial charge in [0.05, 0.1) is 23.4 Å². The Balaban J connectivity index is 1.72. The van der Waals surface area contributed by atoms with Crippen molar-refractivity contribution in [1.82, 2.24) is 4.98 Å². The van der Waals surface area contributed by atoms with Crippen molar-refractivity contribution >= 4 is 23.6 Å². The number of hydrogen-bond donors (Lipinski definition) is 1. The molecule has 0 fully saturated rings. The van der Waals surface area contributed by atoms with E-state index >= 15 is 0 Å². The summed E-state index contributed by atoms with van der Waals surface area (Å²) in [6.45, 7) is 2.08. The Morgan fingerprint density at radius 3 is 2.56 bits per heavy atom. The van der Waals surface area contributed by atoms with Gasteiger partial charge < -0.3 is 9.47 Å². The monoisotopic (exact) mass is 467 g/mol. The maximum Gasteiger partial charge on any atom is 0.417 e. The predicted octanol–water partition coefficient (Wildman–Crippen LogP) is 6.32. The predicted molar refractivity (Wildman–Crippen MR) is 114 cm³/mol. The highest BCUT2D eigenvalue weighted by atomic mass is 35.5. The molecule has 168 valence electrons. The third kappa shape index (κ3) is 6.10. The number of nitrogens with zero attached hydrogens (tertiary/aromatic N) is 2. The van der Waals surface area contributed by atoms with Crippen LogP contribution in [-0.2, 0) is 12.8 Å². The van der Waals surface area contributed by atoms with Crippen LogP contribution in [0, 0.1) is 5.82 Å². The van der Waals surface area contributed by atoms with Crippen molar-refractivity contribution in [3.8, 4) is 11.5 Å². The van der Waals surface area contributed by atoms with Gasteiger partial charge in [0, 0.05) is 11.8 Å². The number of alkyl halides is 3. The van der Waals surface area contributed by atoms with E-state index in [1.165, 1.54) is 18.3 Å². The molecule has 0 radical (unpaired) electrons. The molecule has 0 spiro atoms. The molecule has 0 aliphatic carbocycles. The zero-order valence-corrected chi connectivity index (χ0v) is 17.5. The number of rotatable bonds is 8. The van der Waals surface area contributed by atoms with Gasteiger partial charge in [-0.15, -0.1) is 0 Å². The molecule has 3 aromatic rings. The van der Waals surface area contributed by atoms with Crippen LogP contribution in [0.2, 0.25) is 5.02 Å². The highest BCUT2D eigenvalue weighted by molar-refractivity contribution is 6.32. The number of benzene rings is 2. The molecule has 2 aromatic carbocycles. The summed E-state index contributed by atoms with van der Waals surface area (Å²) in [6, 6.07) is 11.5. The van der Waals surface area contributed by atoms with Crippen molar-refractivity contribution in [3.05, 3.63) is 82.3 Å². The zero-order valence-electron chi connectivity index (χ0n) is 16.8. The van der Waals surface area contributed by atoms with E-state index in [1.807, 2.05) is 0 Å². The van der Waals surface area contributed by atoms with Gasteiger partial charge in [-0.2, -0.15) is 18.3 Å². The van der Waals surface area contributed by atoms with Gasteiger partial charge in [-0.05, 0) is 42.8 Å². The molecular weight excluding hydrogens is 450 g/mol. The molecule has 0 saturated heterocycles. The third-order valence-electron chi connectivity index (χ3n) is 4.15. The normalized spacial score (nSPS) is 11.6. The minimum atomic E-state index is -4.46. The lowest BCUT2D eigenvalue weighted by atomic mass is 10.2. The van der Waals surface area contributed by atoms with Gasteiger partial charge in [-0.25, -0.2) is 9.37 Å². The van der Waals surface area contributed by atoms with E-state index in [9.17, 15) is 17.6 Å². The van der Waals surface area contributed by atoms with Crippen LogP contribution < -0.4 is 14.9 Å². The van der Waals surface area contributed by atoms with Crippen molar-refractivity contribution in [1.29, 1.82) is 0 Å². The van der Waals surface area contributed by atoms with Gasteiger partial charge in [-0.3, -0.25) is 5.43 Å². The SMILES string of the molecule is CCOc1cc(/C=N\Nc2ccc(C(F)(F)F)cn2)cc(Cl)c1OCc1ccccc1F. The Kier molecular flexibility index (Phi) is 7.53. The van der Waals surface area contributed by atoms with Gasteiger partial charge in [0.1, 0.15) is 18.2 Å². The molecule has 0 atom stereocenters. The number of hydrazone groups is 1. The standard InChI is InChI=1S/C22H18ClF4N3O2/c1-2-31-19-10-14(11-29-30-20-8-7-16(12-28-20)22(25,26)27)9-17(23)21(19)32-13-15-5-3-4-6-18(15)24/h3-12H,2,13H2,1H3,(H,28,30)/b29-11-. The smallest absolute Gasteiger partial charge is 0.417 e. The van der Waals surface area contributed by atoms with Crippen molar-refractivity contribution in [2.45, 2.75) is 19.7 Å². The fourth-order valence-electron chi connectivity index (χ4n) is 2.63. The maximum absolute atomic E-state index is 13.8. The van der Waals surface area contributed by atoms with Gasteiger partial charge >= 0.3 is 6.18 Å². The second kappa shape index (κ2) is 10.3. The van der Waals surface area contributed by atoms with Crippen LogP contribution in [0.15, 0.2) is 59.8 Å². The van der Waals surface area contributed by atoms with Gasteiger partial charge in [0.25, 0.3) is 0 Å². The number of anilines is 1. The summed E-state index contributed by atoms with van der Waals surface area (Å²) in [4.78, 5) is 3.67.